The molecule has 0 aromatic heterocycles. The topological polar surface area (TPSA) is 58.6 Å². The van der Waals surface area contributed by atoms with Crippen LogP contribution in [0.1, 0.15) is 40.0 Å². The van der Waals surface area contributed by atoms with Crippen LogP contribution in [-0.4, -0.2) is 35.4 Å². The van der Waals surface area contributed by atoms with Crippen LogP contribution in [0.3, 0.4) is 0 Å². The molecule has 4 nitrogen and oxygen atoms in total. The van der Waals surface area contributed by atoms with E-state index in [9.17, 15) is 13.6 Å². The van der Waals surface area contributed by atoms with Crippen molar-refractivity contribution in [2.24, 2.45) is 5.92 Å². The van der Waals surface area contributed by atoms with E-state index in [4.69, 9.17) is 9.84 Å². The van der Waals surface area contributed by atoms with Gasteiger partial charge in [-0.1, -0.05) is 0 Å². The molecule has 18 heavy (non-hydrogen) atoms. The summed E-state index contributed by atoms with van der Waals surface area (Å²) in [6, 6.07) is -1.36. The van der Waals surface area contributed by atoms with Crippen molar-refractivity contribution < 1.29 is 23.4 Å². The van der Waals surface area contributed by atoms with Crippen molar-refractivity contribution in [3.05, 3.63) is 0 Å². The van der Waals surface area contributed by atoms with Crippen molar-refractivity contribution >= 4 is 6.09 Å². The van der Waals surface area contributed by atoms with Crippen molar-refractivity contribution in [1.29, 1.82) is 0 Å². The lowest BCUT2D eigenvalue weighted by Crippen LogP contribution is -2.55. The number of rotatable bonds is 2. The molecule has 2 N–H and O–H groups in total. The second kappa shape index (κ2) is 5.38. The minimum Gasteiger partial charge on any atom is -0.444 e. The molecule has 0 saturated heterocycles. The SMILES string of the molecule is CC(C)(C)OC(=O)N[C@H]1[C@@H](CO)CCCC1(F)F. The van der Waals surface area contributed by atoms with Crippen LogP contribution in [0.5, 0.6) is 0 Å². The number of carbonyl (C=O) groups is 1. The van der Waals surface area contributed by atoms with Gasteiger partial charge in [0.1, 0.15) is 11.6 Å². The Morgan fingerprint density at radius 3 is 2.61 bits per heavy atom. The lowest BCUT2D eigenvalue weighted by Gasteiger charge is -2.37. The summed E-state index contributed by atoms with van der Waals surface area (Å²) in [7, 11) is 0. The van der Waals surface area contributed by atoms with Crippen LogP contribution in [-0.2, 0) is 4.74 Å². The number of carbonyl (C=O) groups excluding carboxylic acids is 1. The van der Waals surface area contributed by atoms with Gasteiger partial charge in [0, 0.05) is 18.9 Å². The van der Waals surface area contributed by atoms with Crippen molar-refractivity contribution in [2.75, 3.05) is 6.61 Å². The first kappa shape index (κ1) is 15.1. The van der Waals surface area contributed by atoms with E-state index < -0.39 is 29.6 Å². The third-order valence-electron chi connectivity index (χ3n) is 2.92. The fourth-order valence-corrected chi connectivity index (χ4v) is 2.12. The largest absolute Gasteiger partial charge is 0.444 e. The Balaban J connectivity index is 2.68. The maximum atomic E-state index is 13.7. The Hall–Kier alpha value is -0.910. The quantitative estimate of drug-likeness (QED) is 0.805. The highest BCUT2D eigenvalue weighted by atomic mass is 19.3. The molecule has 1 rings (SSSR count). The molecule has 2 atom stereocenters. The standard InChI is InChI=1S/C12H21F2NO3/c1-11(2,3)18-10(17)15-9-8(7-16)5-4-6-12(9,13)14/h8-9,16H,4-7H2,1-3H3,(H,15,17)/t8-,9+/m1/s1. The van der Waals surface area contributed by atoms with E-state index in [1.54, 1.807) is 20.8 Å². The molecule has 0 heterocycles. The van der Waals surface area contributed by atoms with Crippen LogP contribution in [0.15, 0.2) is 0 Å². The second-order valence-corrected chi connectivity index (χ2v) is 5.72. The van der Waals surface area contributed by atoms with Gasteiger partial charge < -0.3 is 15.2 Å². The molecule has 1 aliphatic rings. The van der Waals surface area contributed by atoms with Crippen LogP contribution < -0.4 is 5.32 Å². The summed E-state index contributed by atoms with van der Waals surface area (Å²) >= 11 is 0. The van der Waals surface area contributed by atoms with E-state index in [1.165, 1.54) is 0 Å². The maximum absolute atomic E-state index is 13.7. The van der Waals surface area contributed by atoms with Gasteiger partial charge in [0.15, 0.2) is 0 Å². The van der Waals surface area contributed by atoms with Gasteiger partial charge in [-0.3, -0.25) is 0 Å². The number of hydrogen-bond acceptors (Lipinski definition) is 3. The number of nitrogens with one attached hydrogen (secondary N) is 1. The van der Waals surface area contributed by atoms with Crippen LogP contribution in [0.25, 0.3) is 0 Å². The molecule has 0 spiro atoms. The molecule has 1 amide bonds. The first-order chi connectivity index (χ1) is 8.15. The number of amides is 1. The number of alkyl carbamates (subject to hydrolysis) is 1. The van der Waals surface area contributed by atoms with Crippen molar-refractivity contribution in [3.8, 4) is 0 Å². The maximum Gasteiger partial charge on any atom is 0.408 e. The highest BCUT2D eigenvalue weighted by Crippen LogP contribution is 2.37. The lowest BCUT2D eigenvalue weighted by atomic mass is 9.82. The van der Waals surface area contributed by atoms with Gasteiger partial charge in [-0.15, -0.1) is 0 Å². The number of hydrogen-bond donors (Lipinski definition) is 2. The number of aliphatic hydroxyl groups excluding tert-OH is 1. The molecule has 0 aromatic rings. The predicted molar refractivity (Wildman–Crippen MR) is 62.5 cm³/mol. The zero-order chi connectivity index (χ0) is 14.0. The summed E-state index contributed by atoms with van der Waals surface area (Å²) in [4.78, 5) is 11.5. The minimum atomic E-state index is -3.00. The van der Waals surface area contributed by atoms with Crippen LogP contribution >= 0.6 is 0 Å². The smallest absolute Gasteiger partial charge is 0.408 e. The van der Waals surface area contributed by atoms with E-state index in [2.05, 4.69) is 5.32 Å². The van der Waals surface area contributed by atoms with Crippen LogP contribution in [0.4, 0.5) is 13.6 Å². The third-order valence-corrected chi connectivity index (χ3v) is 2.92. The first-order valence-corrected chi connectivity index (χ1v) is 6.14. The molecule has 0 aliphatic heterocycles. The highest BCUT2D eigenvalue weighted by molar-refractivity contribution is 5.68. The molecular weight excluding hydrogens is 244 g/mol. The predicted octanol–water partition coefficient (Wildman–Crippen LogP) is 2.31. The Morgan fingerprint density at radius 1 is 1.50 bits per heavy atom. The van der Waals surface area contributed by atoms with Gasteiger partial charge in [-0.05, 0) is 33.6 Å². The normalized spacial score (nSPS) is 27.7. The van der Waals surface area contributed by atoms with E-state index in [0.717, 1.165) is 0 Å². The van der Waals surface area contributed by atoms with Gasteiger partial charge in [0.2, 0.25) is 0 Å². The van der Waals surface area contributed by atoms with Crippen LogP contribution in [0.2, 0.25) is 0 Å². The first-order valence-electron chi connectivity index (χ1n) is 6.14. The lowest BCUT2D eigenvalue weighted by molar-refractivity contribution is -0.0927. The zero-order valence-electron chi connectivity index (χ0n) is 11.0. The molecule has 6 heteroatoms. The van der Waals surface area contributed by atoms with Crippen LogP contribution in [0, 0.1) is 5.92 Å². The minimum absolute atomic E-state index is 0.274. The Kier molecular flexibility index (Phi) is 4.53. The van der Waals surface area contributed by atoms with Gasteiger partial charge in [0.05, 0.1) is 0 Å². The van der Waals surface area contributed by atoms with Gasteiger partial charge in [-0.25, -0.2) is 13.6 Å². The Labute approximate surface area is 106 Å². The number of aliphatic hydroxyl groups is 1. The summed E-state index contributed by atoms with van der Waals surface area (Å²) in [5, 5.41) is 11.3. The number of ether oxygens (including phenoxy) is 1. The van der Waals surface area contributed by atoms with E-state index in [1.807, 2.05) is 0 Å². The Morgan fingerprint density at radius 2 is 2.11 bits per heavy atom. The molecule has 0 radical (unpaired) electrons. The van der Waals surface area contributed by atoms with Crippen molar-refractivity contribution in [2.45, 2.75) is 57.6 Å². The summed E-state index contributed by atoms with van der Waals surface area (Å²) in [5.74, 6) is -3.62. The van der Waals surface area contributed by atoms with Gasteiger partial charge in [0.25, 0.3) is 5.92 Å². The molecule has 0 bridgehead atoms. The molecule has 1 saturated carbocycles. The van der Waals surface area contributed by atoms with Gasteiger partial charge in [-0.2, -0.15) is 0 Å². The molecule has 1 aliphatic carbocycles. The van der Waals surface area contributed by atoms with E-state index in [0.29, 0.717) is 12.8 Å². The van der Waals surface area contributed by atoms with E-state index in [-0.39, 0.29) is 13.0 Å². The third kappa shape index (κ3) is 4.08. The number of halogens is 2. The van der Waals surface area contributed by atoms with E-state index >= 15 is 0 Å². The zero-order valence-corrected chi connectivity index (χ0v) is 11.0. The average Bonchev–Trinajstić information content (AvgIpc) is 2.18. The fraction of sp³-hybridized carbons (Fsp3) is 0.917. The average molecular weight is 265 g/mol. The molecule has 106 valence electrons. The molecule has 0 unspecified atom stereocenters. The Bertz CT molecular complexity index is 302. The molecule has 0 aromatic carbocycles. The molecular formula is C12H21F2NO3. The summed E-state index contributed by atoms with van der Waals surface area (Å²) in [6.45, 7) is 4.62. The summed E-state index contributed by atoms with van der Waals surface area (Å²) in [6.07, 6.45) is -0.311. The second-order valence-electron chi connectivity index (χ2n) is 5.72. The highest BCUT2D eigenvalue weighted by Gasteiger charge is 2.47. The molecule has 1 fully saturated rings. The summed E-state index contributed by atoms with van der Waals surface area (Å²) < 4.78 is 32.4. The van der Waals surface area contributed by atoms with Crippen molar-refractivity contribution in [1.82, 2.24) is 5.32 Å². The fourth-order valence-electron chi connectivity index (χ4n) is 2.12. The van der Waals surface area contributed by atoms with Gasteiger partial charge >= 0.3 is 6.09 Å². The summed E-state index contributed by atoms with van der Waals surface area (Å²) in [5.41, 5.74) is -0.733. The monoisotopic (exact) mass is 265 g/mol. The van der Waals surface area contributed by atoms with Crippen molar-refractivity contribution in [3.63, 3.8) is 0 Å². The number of alkyl halides is 2.